The number of rotatable bonds is 6. The highest BCUT2D eigenvalue weighted by Crippen LogP contribution is 2.36. The van der Waals surface area contributed by atoms with Gasteiger partial charge in [-0.05, 0) is 37.5 Å². The zero-order valence-electron chi connectivity index (χ0n) is 16.9. The molecule has 1 aliphatic rings. The molecule has 3 N–H and O–H groups in total. The van der Waals surface area contributed by atoms with Gasteiger partial charge in [-0.15, -0.1) is 0 Å². The Kier molecular flexibility index (Phi) is 7.13. The maximum atomic E-state index is 13.5. The number of likely N-dealkylation sites (tertiary alicyclic amines) is 1. The number of hydrogen-bond donors (Lipinski definition) is 3. The molecule has 1 aromatic carbocycles. The molecule has 1 fully saturated rings. The molecule has 2 amide bonds. The van der Waals surface area contributed by atoms with Crippen LogP contribution in [0.15, 0.2) is 43.1 Å². The molecule has 2 heterocycles. The SMILES string of the molecule is C=CC(=O)Nc1ccccc1Nc1nc(NOC(=O)N2CCCCC2)ncc1C(F)(F)F. The van der Waals surface area contributed by atoms with Gasteiger partial charge >= 0.3 is 12.3 Å². The molecular weight excluding hydrogens is 429 g/mol. The number of amides is 2. The van der Waals surface area contributed by atoms with E-state index in [4.69, 9.17) is 4.84 Å². The summed E-state index contributed by atoms with van der Waals surface area (Å²) in [7, 11) is 0. The Morgan fingerprint density at radius 3 is 2.47 bits per heavy atom. The van der Waals surface area contributed by atoms with E-state index in [0.29, 0.717) is 19.3 Å². The Bertz CT molecular complexity index is 993. The number of aromatic nitrogens is 2. The average molecular weight is 450 g/mol. The number of halogens is 3. The largest absolute Gasteiger partial charge is 0.434 e. The highest BCUT2D eigenvalue weighted by atomic mass is 19.4. The first-order valence-electron chi connectivity index (χ1n) is 9.73. The first-order valence-corrected chi connectivity index (χ1v) is 9.73. The molecule has 2 aromatic rings. The lowest BCUT2D eigenvalue weighted by Gasteiger charge is -2.25. The molecule has 0 radical (unpaired) electrons. The molecule has 0 bridgehead atoms. The molecule has 9 nitrogen and oxygen atoms in total. The normalized spacial score (nSPS) is 13.8. The van der Waals surface area contributed by atoms with Crippen LogP contribution in [0.2, 0.25) is 0 Å². The van der Waals surface area contributed by atoms with E-state index in [-0.39, 0.29) is 17.3 Å². The van der Waals surface area contributed by atoms with Gasteiger partial charge in [-0.25, -0.2) is 9.78 Å². The van der Waals surface area contributed by atoms with E-state index in [1.165, 1.54) is 17.0 Å². The summed E-state index contributed by atoms with van der Waals surface area (Å²) in [5.74, 6) is -1.48. The Morgan fingerprint density at radius 1 is 1.12 bits per heavy atom. The van der Waals surface area contributed by atoms with Gasteiger partial charge in [0.2, 0.25) is 5.91 Å². The van der Waals surface area contributed by atoms with Crippen LogP contribution in [-0.2, 0) is 15.8 Å². The van der Waals surface area contributed by atoms with Crippen LogP contribution in [0.1, 0.15) is 24.8 Å². The number of nitrogens with zero attached hydrogens (tertiary/aromatic N) is 3. The molecule has 1 aliphatic heterocycles. The van der Waals surface area contributed by atoms with Gasteiger partial charge in [-0.1, -0.05) is 18.7 Å². The summed E-state index contributed by atoms with van der Waals surface area (Å²) in [6.45, 7) is 4.41. The van der Waals surface area contributed by atoms with Crippen LogP contribution in [0.3, 0.4) is 0 Å². The van der Waals surface area contributed by atoms with Crippen LogP contribution in [0.25, 0.3) is 0 Å². The van der Waals surface area contributed by atoms with Gasteiger partial charge in [0.15, 0.2) is 0 Å². The van der Waals surface area contributed by atoms with Crippen LogP contribution in [0, 0.1) is 0 Å². The number of piperidine rings is 1. The molecule has 0 aliphatic carbocycles. The summed E-state index contributed by atoms with van der Waals surface area (Å²) < 4.78 is 40.5. The van der Waals surface area contributed by atoms with E-state index >= 15 is 0 Å². The number of carbonyl (C=O) groups excluding carboxylic acids is 2. The fourth-order valence-corrected chi connectivity index (χ4v) is 2.98. The van der Waals surface area contributed by atoms with Crippen molar-refractivity contribution in [3.63, 3.8) is 0 Å². The van der Waals surface area contributed by atoms with E-state index in [2.05, 4.69) is 32.7 Å². The van der Waals surface area contributed by atoms with Crippen molar-refractivity contribution in [1.82, 2.24) is 14.9 Å². The fraction of sp³-hybridized carbons (Fsp3) is 0.300. The van der Waals surface area contributed by atoms with E-state index in [1.54, 1.807) is 12.1 Å². The predicted octanol–water partition coefficient (Wildman–Crippen LogP) is 4.31. The second-order valence-corrected chi connectivity index (χ2v) is 6.84. The third kappa shape index (κ3) is 5.86. The summed E-state index contributed by atoms with van der Waals surface area (Å²) in [5, 5.41) is 5.05. The first-order chi connectivity index (χ1) is 15.3. The zero-order chi connectivity index (χ0) is 23.1. The Balaban J connectivity index is 1.82. The molecular formula is C20H21F3N6O3. The third-order valence-electron chi connectivity index (χ3n) is 4.56. The second-order valence-electron chi connectivity index (χ2n) is 6.84. The third-order valence-corrected chi connectivity index (χ3v) is 4.56. The van der Waals surface area contributed by atoms with Crippen molar-refractivity contribution in [1.29, 1.82) is 0 Å². The highest BCUT2D eigenvalue weighted by molar-refractivity contribution is 6.01. The number of benzene rings is 1. The number of nitrogens with one attached hydrogen (secondary N) is 3. The molecule has 0 atom stereocenters. The van der Waals surface area contributed by atoms with E-state index < -0.39 is 29.6 Å². The molecule has 0 unspecified atom stereocenters. The van der Waals surface area contributed by atoms with Crippen LogP contribution < -0.4 is 16.1 Å². The molecule has 1 aromatic heterocycles. The first kappa shape index (κ1) is 22.8. The van der Waals surface area contributed by atoms with E-state index in [0.717, 1.165) is 25.3 Å². The van der Waals surface area contributed by atoms with Crippen molar-refractivity contribution in [3.8, 4) is 0 Å². The Labute approximate surface area is 181 Å². The van der Waals surface area contributed by atoms with Gasteiger partial charge in [-0.2, -0.15) is 23.6 Å². The van der Waals surface area contributed by atoms with E-state index in [9.17, 15) is 22.8 Å². The Morgan fingerprint density at radius 2 is 1.81 bits per heavy atom. The number of anilines is 4. The minimum absolute atomic E-state index is 0.156. The minimum atomic E-state index is -4.76. The summed E-state index contributed by atoms with van der Waals surface area (Å²) in [6.07, 6.45) is -1.12. The molecule has 0 saturated carbocycles. The maximum Gasteiger partial charge on any atom is 0.434 e. The fourth-order valence-electron chi connectivity index (χ4n) is 2.98. The highest BCUT2D eigenvalue weighted by Gasteiger charge is 2.35. The minimum Gasteiger partial charge on any atom is -0.338 e. The van der Waals surface area contributed by atoms with Crippen LogP contribution in [0.4, 0.5) is 41.1 Å². The lowest BCUT2D eigenvalue weighted by molar-refractivity contribution is -0.137. The summed E-state index contributed by atoms with van der Waals surface area (Å²) in [6, 6.07) is 6.13. The standard InChI is InChI=1S/C20H21F3N6O3/c1-2-16(30)25-14-8-4-5-9-15(14)26-17-13(20(21,22)23)12-24-18(27-17)28-32-19(31)29-10-6-3-7-11-29/h2,4-5,8-9,12H,1,3,6-7,10-11H2,(H,25,30)(H2,24,26,27,28). The molecule has 170 valence electrons. The van der Waals surface area contributed by atoms with Crippen molar-refractivity contribution in [2.45, 2.75) is 25.4 Å². The Hall–Kier alpha value is -3.83. The van der Waals surface area contributed by atoms with Gasteiger partial charge in [0.1, 0.15) is 11.4 Å². The molecule has 32 heavy (non-hydrogen) atoms. The van der Waals surface area contributed by atoms with Gasteiger partial charge < -0.3 is 20.4 Å². The van der Waals surface area contributed by atoms with Gasteiger partial charge in [0.25, 0.3) is 5.95 Å². The smallest absolute Gasteiger partial charge is 0.338 e. The summed E-state index contributed by atoms with van der Waals surface area (Å²) in [4.78, 5) is 37.5. The number of para-hydroxylation sites is 2. The zero-order valence-corrected chi connectivity index (χ0v) is 16.9. The molecule has 3 rings (SSSR count). The number of alkyl halides is 3. The van der Waals surface area contributed by atoms with Crippen LogP contribution >= 0.6 is 0 Å². The van der Waals surface area contributed by atoms with E-state index in [1.807, 2.05) is 0 Å². The molecule has 12 heteroatoms. The maximum absolute atomic E-state index is 13.5. The van der Waals surface area contributed by atoms with Crippen LogP contribution in [-0.4, -0.2) is 40.0 Å². The molecule has 1 saturated heterocycles. The van der Waals surface area contributed by atoms with Crippen molar-refractivity contribution < 1.29 is 27.6 Å². The number of hydrogen-bond acceptors (Lipinski definition) is 7. The van der Waals surface area contributed by atoms with Gasteiger partial charge in [0.05, 0.1) is 11.4 Å². The quantitative estimate of drug-likeness (QED) is 0.444. The lowest BCUT2D eigenvalue weighted by Crippen LogP contribution is -2.37. The van der Waals surface area contributed by atoms with Crippen molar-refractivity contribution >= 4 is 35.1 Å². The summed E-state index contributed by atoms with van der Waals surface area (Å²) in [5.41, 5.74) is 1.43. The van der Waals surface area contributed by atoms with Crippen LogP contribution in [0.5, 0.6) is 0 Å². The van der Waals surface area contributed by atoms with Gasteiger partial charge in [0, 0.05) is 19.3 Å². The van der Waals surface area contributed by atoms with Crippen molar-refractivity contribution in [2.75, 3.05) is 29.2 Å². The van der Waals surface area contributed by atoms with Crippen molar-refractivity contribution in [2.24, 2.45) is 0 Å². The molecule has 0 spiro atoms. The topological polar surface area (TPSA) is 108 Å². The average Bonchev–Trinajstić information content (AvgIpc) is 2.78. The summed E-state index contributed by atoms with van der Waals surface area (Å²) >= 11 is 0. The van der Waals surface area contributed by atoms with Crippen molar-refractivity contribution in [3.05, 3.63) is 48.7 Å². The predicted molar refractivity (Wildman–Crippen MR) is 111 cm³/mol. The second kappa shape index (κ2) is 9.98. The lowest BCUT2D eigenvalue weighted by atomic mass is 10.1. The monoisotopic (exact) mass is 450 g/mol. The van der Waals surface area contributed by atoms with Gasteiger partial charge in [-0.3, -0.25) is 4.79 Å². The number of carbonyl (C=O) groups is 2.